The Morgan fingerprint density at radius 3 is 2.29 bits per heavy atom. The molecule has 1 aliphatic rings. The first-order valence-electron chi connectivity index (χ1n) is 9.45. The molecular formula is C22H25N3O3. The van der Waals surface area contributed by atoms with Gasteiger partial charge in [-0.15, -0.1) is 0 Å². The molecule has 3 rings (SSSR count). The van der Waals surface area contributed by atoms with Gasteiger partial charge in [0.2, 0.25) is 5.91 Å². The number of nitrogens with zero attached hydrogens (tertiary/aromatic N) is 1. The fourth-order valence-electron chi connectivity index (χ4n) is 3.44. The lowest BCUT2D eigenvalue weighted by molar-refractivity contribution is -0.123. The van der Waals surface area contributed by atoms with Crippen LogP contribution in [0.5, 0.6) is 0 Å². The van der Waals surface area contributed by atoms with Crippen molar-refractivity contribution in [3.8, 4) is 0 Å². The number of Topliss-reactive ketones (excluding diaryl/α,β-unsaturated/α-hetero) is 1. The van der Waals surface area contributed by atoms with Crippen molar-refractivity contribution in [2.45, 2.75) is 26.3 Å². The normalized spacial score (nSPS) is 17.1. The summed E-state index contributed by atoms with van der Waals surface area (Å²) in [6.45, 7) is 3.90. The summed E-state index contributed by atoms with van der Waals surface area (Å²) in [5.74, 6) is -0.539. The molecule has 2 aromatic rings. The molecule has 6 nitrogen and oxygen atoms in total. The Balaban J connectivity index is 1.57. The van der Waals surface area contributed by atoms with Crippen LogP contribution in [0.25, 0.3) is 0 Å². The number of benzene rings is 2. The summed E-state index contributed by atoms with van der Waals surface area (Å²) in [7, 11) is 0. The first-order valence-corrected chi connectivity index (χ1v) is 9.45. The molecule has 3 N–H and O–H groups in total. The Morgan fingerprint density at radius 2 is 1.68 bits per heavy atom. The zero-order valence-electron chi connectivity index (χ0n) is 16.0. The van der Waals surface area contributed by atoms with Gasteiger partial charge in [-0.3, -0.25) is 19.3 Å². The number of ketones is 1. The summed E-state index contributed by atoms with van der Waals surface area (Å²) in [4.78, 5) is 37.3. The number of carbonyl (C=O) groups is 3. The molecule has 1 fully saturated rings. The molecule has 28 heavy (non-hydrogen) atoms. The number of rotatable bonds is 6. The Hall–Kier alpha value is -2.99. The van der Waals surface area contributed by atoms with Crippen LogP contribution >= 0.6 is 0 Å². The topological polar surface area (TPSA) is 92.5 Å². The standard InChI is InChI=1S/C22H25N3O3/c1-15(26)17-6-8-18(9-7-17)22(28)24-20-10-4-16(5-11-20)13-25-12-2-3-19(14-25)21(23)27/h4-11,19H,2-3,12-14H2,1H3,(H2,23,27)(H,24,28). The smallest absolute Gasteiger partial charge is 0.255 e. The number of piperidine rings is 1. The first-order chi connectivity index (χ1) is 13.4. The summed E-state index contributed by atoms with van der Waals surface area (Å²) in [5, 5.41) is 2.86. The predicted octanol–water partition coefficient (Wildman–Crippen LogP) is 2.84. The maximum atomic E-state index is 12.3. The van der Waals surface area contributed by atoms with Gasteiger partial charge >= 0.3 is 0 Å². The van der Waals surface area contributed by atoms with Gasteiger partial charge in [0.1, 0.15) is 0 Å². The molecule has 1 heterocycles. The van der Waals surface area contributed by atoms with Crippen LogP contribution < -0.4 is 11.1 Å². The largest absolute Gasteiger partial charge is 0.369 e. The number of carbonyl (C=O) groups excluding carboxylic acids is 3. The SMILES string of the molecule is CC(=O)c1ccc(C(=O)Nc2ccc(CN3CCCC(C(N)=O)C3)cc2)cc1. The zero-order chi connectivity index (χ0) is 20.1. The third-order valence-electron chi connectivity index (χ3n) is 5.08. The van der Waals surface area contributed by atoms with Gasteiger partial charge < -0.3 is 11.1 Å². The van der Waals surface area contributed by atoms with Crippen LogP contribution in [-0.2, 0) is 11.3 Å². The van der Waals surface area contributed by atoms with Gasteiger partial charge in [-0.1, -0.05) is 24.3 Å². The van der Waals surface area contributed by atoms with E-state index < -0.39 is 0 Å². The molecule has 0 saturated carbocycles. The van der Waals surface area contributed by atoms with E-state index in [-0.39, 0.29) is 23.5 Å². The highest BCUT2D eigenvalue weighted by Crippen LogP contribution is 2.19. The number of nitrogens with one attached hydrogen (secondary N) is 1. The molecule has 1 atom stereocenters. The zero-order valence-corrected chi connectivity index (χ0v) is 16.0. The van der Waals surface area contributed by atoms with Gasteiger partial charge in [0.15, 0.2) is 5.78 Å². The van der Waals surface area contributed by atoms with Gasteiger partial charge in [0.05, 0.1) is 5.92 Å². The number of amides is 2. The maximum Gasteiger partial charge on any atom is 0.255 e. The van der Waals surface area contributed by atoms with Crippen LogP contribution in [0.2, 0.25) is 0 Å². The molecule has 2 aromatic carbocycles. The third kappa shape index (κ3) is 5.04. The van der Waals surface area contributed by atoms with Crippen LogP contribution in [0.3, 0.4) is 0 Å². The van der Waals surface area contributed by atoms with Gasteiger partial charge in [-0.05, 0) is 56.1 Å². The van der Waals surface area contributed by atoms with Crippen LogP contribution in [0, 0.1) is 5.92 Å². The lowest BCUT2D eigenvalue weighted by Gasteiger charge is -2.31. The first kappa shape index (κ1) is 19.8. The second-order valence-corrected chi connectivity index (χ2v) is 7.26. The second-order valence-electron chi connectivity index (χ2n) is 7.26. The highest BCUT2D eigenvalue weighted by atomic mass is 16.2. The molecule has 0 aliphatic carbocycles. The fourth-order valence-corrected chi connectivity index (χ4v) is 3.44. The van der Waals surface area contributed by atoms with Crippen molar-refractivity contribution in [2.24, 2.45) is 11.7 Å². The van der Waals surface area contributed by atoms with Gasteiger partial charge in [0, 0.05) is 29.9 Å². The quantitative estimate of drug-likeness (QED) is 0.755. The van der Waals surface area contributed by atoms with Crippen LogP contribution in [-0.4, -0.2) is 35.6 Å². The minimum absolute atomic E-state index is 0.0293. The van der Waals surface area contributed by atoms with Gasteiger partial charge in [-0.25, -0.2) is 0 Å². The Kier molecular flexibility index (Phi) is 6.21. The van der Waals surface area contributed by atoms with Crippen molar-refractivity contribution in [2.75, 3.05) is 18.4 Å². The minimum atomic E-state index is -0.223. The van der Waals surface area contributed by atoms with Crippen molar-refractivity contribution in [1.29, 1.82) is 0 Å². The highest BCUT2D eigenvalue weighted by Gasteiger charge is 2.23. The Morgan fingerprint density at radius 1 is 1.04 bits per heavy atom. The maximum absolute atomic E-state index is 12.3. The van der Waals surface area contributed by atoms with E-state index >= 15 is 0 Å². The molecule has 0 spiro atoms. The summed E-state index contributed by atoms with van der Waals surface area (Å²) in [6.07, 6.45) is 1.84. The summed E-state index contributed by atoms with van der Waals surface area (Å²) >= 11 is 0. The van der Waals surface area contributed by atoms with E-state index in [0.29, 0.717) is 23.4 Å². The van der Waals surface area contributed by atoms with Crippen molar-refractivity contribution < 1.29 is 14.4 Å². The van der Waals surface area contributed by atoms with Gasteiger partial charge in [-0.2, -0.15) is 0 Å². The van der Waals surface area contributed by atoms with E-state index in [2.05, 4.69) is 10.2 Å². The third-order valence-corrected chi connectivity index (χ3v) is 5.08. The van der Waals surface area contributed by atoms with Crippen molar-refractivity contribution in [1.82, 2.24) is 4.90 Å². The van der Waals surface area contributed by atoms with E-state index in [4.69, 9.17) is 5.73 Å². The van der Waals surface area contributed by atoms with Crippen LogP contribution in [0.15, 0.2) is 48.5 Å². The monoisotopic (exact) mass is 379 g/mol. The van der Waals surface area contributed by atoms with Crippen molar-refractivity contribution in [3.05, 3.63) is 65.2 Å². The molecule has 1 aliphatic heterocycles. The lowest BCUT2D eigenvalue weighted by Crippen LogP contribution is -2.40. The summed E-state index contributed by atoms with van der Waals surface area (Å²) in [6, 6.07) is 14.3. The number of hydrogen-bond acceptors (Lipinski definition) is 4. The van der Waals surface area contributed by atoms with Crippen LogP contribution in [0.1, 0.15) is 46.0 Å². The Bertz CT molecular complexity index is 860. The van der Waals surface area contributed by atoms with Crippen LogP contribution in [0.4, 0.5) is 5.69 Å². The summed E-state index contributed by atoms with van der Waals surface area (Å²) in [5.41, 5.74) is 8.34. The molecule has 0 aromatic heterocycles. The average molecular weight is 379 g/mol. The van der Waals surface area contributed by atoms with E-state index in [0.717, 1.165) is 31.5 Å². The predicted molar refractivity (Wildman–Crippen MR) is 108 cm³/mol. The average Bonchev–Trinajstić information content (AvgIpc) is 2.69. The molecule has 1 saturated heterocycles. The van der Waals surface area contributed by atoms with Gasteiger partial charge in [0.25, 0.3) is 5.91 Å². The van der Waals surface area contributed by atoms with Crippen molar-refractivity contribution in [3.63, 3.8) is 0 Å². The summed E-state index contributed by atoms with van der Waals surface area (Å²) < 4.78 is 0. The molecule has 0 bridgehead atoms. The van der Waals surface area contributed by atoms with E-state index in [1.165, 1.54) is 6.92 Å². The molecule has 1 unspecified atom stereocenters. The minimum Gasteiger partial charge on any atom is -0.369 e. The molecule has 146 valence electrons. The molecule has 0 radical (unpaired) electrons. The highest BCUT2D eigenvalue weighted by molar-refractivity contribution is 6.05. The fraction of sp³-hybridized carbons (Fsp3) is 0.318. The van der Waals surface area contributed by atoms with E-state index in [9.17, 15) is 14.4 Å². The van der Waals surface area contributed by atoms with E-state index in [1.807, 2.05) is 24.3 Å². The Labute approximate surface area is 164 Å². The van der Waals surface area contributed by atoms with E-state index in [1.54, 1.807) is 24.3 Å². The number of hydrogen-bond donors (Lipinski definition) is 2. The van der Waals surface area contributed by atoms with Crippen molar-refractivity contribution >= 4 is 23.3 Å². The molecule has 2 amide bonds. The number of primary amides is 1. The second kappa shape index (κ2) is 8.80. The number of nitrogens with two attached hydrogens (primary N) is 1. The molecule has 6 heteroatoms. The number of anilines is 1. The lowest BCUT2D eigenvalue weighted by atomic mass is 9.97. The number of likely N-dealkylation sites (tertiary alicyclic amines) is 1. The molecular weight excluding hydrogens is 354 g/mol.